The average molecular weight is 297 g/mol. The highest BCUT2D eigenvalue weighted by Gasteiger charge is 2.31. The number of nitrogen functional groups attached to an aromatic ring is 1. The van der Waals surface area contributed by atoms with Crippen LogP contribution >= 0.6 is 0 Å². The van der Waals surface area contributed by atoms with Gasteiger partial charge in [0.2, 0.25) is 0 Å². The normalized spacial score (nSPS) is 11.3. The van der Waals surface area contributed by atoms with E-state index >= 15 is 0 Å². The van der Waals surface area contributed by atoms with Crippen LogP contribution in [0, 0.1) is 0 Å². The first-order chi connectivity index (χ1) is 9.86. The van der Waals surface area contributed by atoms with Gasteiger partial charge in [-0.3, -0.25) is 0 Å². The largest absolute Gasteiger partial charge is 0.497 e. The fourth-order valence-corrected chi connectivity index (χ4v) is 2.01. The van der Waals surface area contributed by atoms with Crippen molar-refractivity contribution < 1.29 is 22.6 Å². The molecule has 3 nitrogen and oxygen atoms in total. The molecule has 0 aromatic heterocycles. The number of anilines is 1. The molecule has 2 aromatic rings. The van der Waals surface area contributed by atoms with Crippen molar-refractivity contribution in [2.45, 2.75) is 6.18 Å². The number of benzene rings is 2. The van der Waals surface area contributed by atoms with Crippen molar-refractivity contribution in [3.63, 3.8) is 0 Å². The van der Waals surface area contributed by atoms with E-state index < -0.39 is 11.7 Å². The number of rotatable bonds is 3. The van der Waals surface area contributed by atoms with Gasteiger partial charge in [0.25, 0.3) is 0 Å². The summed E-state index contributed by atoms with van der Waals surface area (Å²) in [6.45, 7) is 0. The summed E-state index contributed by atoms with van der Waals surface area (Å²) in [5.41, 5.74) is 6.09. The highest BCUT2D eigenvalue weighted by molar-refractivity contribution is 5.81. The Kier molecular flexibility index (Phi) is 3.97. The first kappa shape index (κ1) is 15.0. The Morgan fingerprint density at radius 1 is 0.905 bits per heavy atom. The molecule has 0 unspecified atom stereocenters. The molecular formula is C15H14F3NO2. The van der Waals surface area contributed by atoms with Gasteiger partial charge < -0.3 is 15.2 Å². The van der Waals surface area contributed by atoms with Gasteiger partial charge in [0.1, 0.15) is 11.5 Å². The third-order valence-electron chi connectivity index (χ3n) is 3.08. The van der Waals surface area contributed by atoms with Crippen molar-refractivity contribution >= 4 is 5.69 Å². The summed E-state index contributed by atoms with van der Waals surface area (Å²) in [7, 11) is 2.99. The van der Waals surface area contributed by atoms with Crippen LogP contribution in [0.25, 0.3) is 11.1 Å². The Labute approximate surface area is 120 Å². The summed E-state index contributed by atoms with van der Waals surface area (Å²) in [5, 5.41) is 0. The Balaban J connectivity index is 2.52. The van der Waals surface area contributed by atoms with Crippen molar-refractivity contribution in [2.75, 3.05) is 20.0 Å². The van der Waals surface area contributed by atoms with Crippen LogP contribution in [0.4, 0.5) is 18.9 Å². The zero-order valence-corrected chi connectivity index (χ0v) is 11.5. The van der Waals surface area contributed by atoms with Gasteiger partial charge in [0.15, 0.2) is 0 Å². The molecule has 0 spiro atoms. The van der Waals surface area contributed by atoms with Crippen molar-refractivity contribution in [1.29, 1.82) is 0 Å². The summed E-state index contributed by atoms with van der Waals surface area (Å²) < 4.78 is 48.3. The van der Waals surface area contributed by atoms with Crippen LogP contribution in [-0.2, 0) is 6.18 Å². The molecule has 0 radical (unpaired) electrons. The zero-order valence-electron chi connectivity index (χ0n) is 11.5. The van der Waals surface area contributed by atoms with Crippen LogP contribution in [0.5, 0.6) is 11.5 Å². The maximum Gasteiger partial charge on any atom is 0.416 e. The highest BCUT2D eigenvalue weighted by atomic mass is 19.4. The number of alkyl halides is 3. The molecule has 0 atom stereocenters. The van der Waals surface area contributed by atoms with E-state index in [0.29, 0.717) is 22.6 Å². The molecule has 21 heavy (non-hydrogen) atoms. The van der Waals surface area contributed by atoms with Crippen molar-refractivity contribution in [3.8, 4) is 22.6 Å². The van der Waals surface area contributed by atoms with Gasteiger partial charge in [-0.15, -0.1) is 0 Å². The Hall–Kier alpha value is -2.37. The van der Waals surface area contributed by atoms with E-state index in [4.69, 9.17) is 15.2 Å². The Morgan fingerprint density at radius 2 is 1.57 bits per heavy atom. The number of halogens is 3. The van der Waals surface area contributed by atoms with Crippen molar-refractivity contribution in [3.05, 3.63) is 42.0 Å². The Bertz CT molecular complexity index is 654. The van der Waals surface area contributed by atoms with Gasteiger partial charge in [0, 0.05) is 22.9 Å². The Morgan fingerprint density at radius 3 is 2.10 bits per heavy atom. The van der Waals surface area contributed by atoms with Crippen molar-refractivity contribution in [2.24, 2.45) is 0 Å². The minimum absolute atomic E-state index is 0.0355. The first-order valence-electron chi connectivity index (χ1n) is 6.06. The van der Waals surface area contributed by atoms with Gasteiger partial charge in [-0.05, 0) is 24.3 Å². The minimum Gasteiger partial charge on any atom is -0.497 e. The number of hydrogen-bond donors (Lipinski definition) is 1. The molecule has 0 aliphatic carbocycles. The van der Waals surface area contributed by atoms with Crippen LogP contribution in [0.15, 0.2) is 36.4 Å². The molecule has 0 bridgehead atoms. The van der Waals surface area contributed by atoms with Gasteiger partial charge in [0.05, 0.1) is 19.8 Å². The van der Waals surface area contributed by atoms with Crippen LogP contribution < -0.4 is 15.2 Å². The standard InChI is InChI=1S/C15H14F3NO2/c1-20-10-4-6-12(14(8-10)21-2)11-5-3-9(7-13(11)19)15(16,17)18/h3-8H,19H2,1-2H3. The quantitative estimate of drug-likeness (QED) is 0.872. The lowest BCUT2D eigenvalue weighted by atomic mass is 10.0. The minimum atomic E-state index is -4.42. The first-order valence-corrected chi connectivity index (χ1v) is 6.06. The molecule has 0 saturated carbocycles. The second kappa shape index (κ2) is 5.55. The lowest BCUT2D eigenvalue weighted by Crippen LogP contribution is -2.06. The summed E-state index contributed by atoms with van der Waals surface area (Å²) in [6.07, 6.45) is -4.42. The summed E-state index contributed by atoms with van der Waals surface area (Å²) >= 11 is 0. The SMILES string of the molecule is COc1ccc(-c2ccc(C(F)(F)F)cc2N)c(OC)c1. The molecule has 6 heteroatoms. The summed E-state index contributed by atoms with van der Waals surface area (Å²) in [4.78, 5) is 0. The molecule has 0 saturated heterocycles. The monoisotopic (exact) mass is 297 g/mol. The smallest absolute Gasteiger partial charge is 0.416 e. The number of methoxy groups -OCH3 is 2. The second-order valence-corrected chi connectivity index (χ2v) is 4.37. The molecular weight excluding hydrogens is 283 g/mol. The predicted octanol–water partition coefficient (Wildman–Crippen LogP) is 3.97. The van der Waals surface area contributed by atoms with E-state index in [1.54, 1.807) is 18.2 Å². The maximum atomic E-state index is 12.6. The van der Waals surface area contributed by atoms with Gasteiger partial charge in [-0.1, -0.05) is 6.07 Å². The zero-order chi connectivity index (χ0) is 15.6. The van der Waals surface area contributed by atoms with Crippen LogP contribution in [0.2, 0.25) is 0 Å². The molecule has 0 aliphatic heterocycles. The predicted molar refractivity (Wildman–Crippen MR) is 74.4 cm³/mol. The van der Waals surface area contributed by atoms with Gasteiger partial charge in [-0.2, -0.15) is 13.2 Å². The molecule has 0 fully saturated rings. The number of ether oxygens (including phenoxy) is 2. The average Bonchev–Trinajstić information content (AvgIpc) is 2.45. The van der Waals surface area contributed by atoms with Crippen LogP contribution in [0.3, 0.4) is 0 Å². The van der Waals surface area contributed by atoms with Crippen molar-refractivity contribution in [1.82, 2.24) is 0 Å². The van der Waals surface area contributed by atoms with E-state index in [-0.39, 0.29) is 5.69 Å². The fraction of sp³-hybridized carbons (Fsp3) is 0.200. The fourth-order valence-electron chi connectivity index (χ4n) is 2.01. The molecule has 2 N–H and O–H groups in total. The summed E-state index contributed by atoms with van der Waals surface area (Å²) in [5.74, 6) is 1.06. The van der Waals surface area contributed by atoms with E-state index in [0.717, 1.165) is 12.1 Å². The van der Waals surface area contributed by atoms with Gasteiger partial charge >= 0.3 is 6.18 Å². The number of nitrogens with two attached hydrogens (primary N) is 1. The highest BCUT2D eigenvalue weighted by Crippen LogP contribution is 2.39. The van der Waals surface area contributed by atoms with E-state index in [9.17, 15) is 13.2 Å². The third kappa shape index (κ3) is 3.04. The maximum absolute atomic E-state index is 12.6. The van der Waals surface area contributed by atoms with E-state index in [1.807, 2.05) is 0 Å². The molecule has 0 heterocycles. The van der Waals surface area contributed by atoms with E-state index in [1.165, 1.54) is 20.3 Å². The second-order valence-electron chi connectivity index (χ2n) is 4.37. The number of hydrogen-bond acceptors (Lipinski definition) is 3. The lowest BCUT2D eigenvalue weighted by molar-refractivity contribution is -0.137. The third-order valence-corrected chi connectivity index (χ3v) is 3.08. The molecule has 112 valence electrons. The van der Waals surface area contributed by atoms with Crippen LogP contribution in [-0.4, -0.2) is 14.2 Å². The molecule has 2 rings (SSSR count). The van der Waals surface area contributed by atoms with E-state index in [2.05, 4.69) is 0 Å². The van der Waals surface area contributed by atoms with Gasteiger partial charge in [-0.25, -0.2) is 0 Å². The molecule has 0 amide bonds. The topological polar surface area (TPSA) is 44.5 Å². The summed E-state index contributed by atoms with van der Waals surface area (Å²) in [6, 6.07) is 8.27. The molecule has 0 aliphatic rings. The lowest BCUT2D eigenvalue weighted by Gasteiger charge is -2.14. The van der Waals surface area contributed by atoms with Crippen LogP contribution in [0.1, 0.15) is 5.56 Å². The molecule has 2 aromatic carbocycles.